The first kappa shape index (κ1) is 12.3. The van der Waals surface area contributed by atoms with Gasteiger partial charge in [0, 0.05) is 18.3 Å². The van der Waals surface area contributed by atoms with Gasteiger partial charge in [-0.1, -0.05) is 18.2 Å². The molecule has 0 aliphatic carbocycles. The number of aromatic nitrogens is 2. The summed E-state index contributed by atoms with van der Waals surface area (Å²) in [6, 6.07) is 7.17. The van der Waals surface area contributed by atoms with Crippen LogP contribution in [0.2, 0.25) is 0 Å². The van der Waals surface area contributed by atoms with Crippen LogP contribution in [0.15, 0.2) is 36.8 Å². The molecule has 0 saturated heterocycles. The van der Waals surface area contributed by atoms with Gasteiger partial charge in [-0.15, -0.1) is 0 Å². The molecular weight excluding hydrogens is 230 g/mol. The average Bonchev–Trinajstić information content (AvgIpc) is 2.76. The molecule has 0 aliphatic heterocycles. The number of nitrogens with one attached hydrogen (secondary N) is 1. The van der Waals surface area contributed by atoms with Crippen LogP contribution in [-0.2, 0) is 7.05 Å². The molecule has 2 rings (SSSR count). The smallest absolute Gasteiger partial charge is 0.273 e. The van der Waals surface area contributed by atoms with E-state index in [2.05, 4.69) is 10.3 Å². The van der Waals surface area contributed by atoms with E-state index >= 15 is 0 Å². The van der Waals surface area contributed by atoms with E-state index in [1.807, 2.05) is 12.1 Å². The first-order valence-electron chi connectivity index (χ1n) is 5.64. The maximum atomic E-state index is 12.0. The summed E-state index contributed by atoms with van der Waals surface area (Å²) >= 11 is 0. The van der Waals surface area contributed by atoms with Crippen LogP contribution in [0.25, 0.3) is 0 Å². The van der Waals surface area contributed by atoms with Crippen molar-refractivity contribution in [2.24, 2.45) is 7.05 Å². The Balaban J connectivity index is 2.25. The van der Waals surface area contributed by atoms with Crippen LogP contribution in [0, 0.1) is 0 Å². The summed E-state index contributed by atoms with van der Waals surface area (Å²) < 4.78 is 1.64. The van der Waals surface area contributed by atoms with Crippen LogP contribution in [0.1, 0.15) is 29.1 Å². The Labute approximate surface area is 105 Å². The molecule has 1 atom stereocenters. The lowest BCUT2D eigenvalue weighted by Crippen LogP contribution is -2.16. The second kappa shape index (κ2) is 5.01. The van der Waals surface area contributed by atoms with Crippen molar-refractivity contribution in [1.29, 1.82) is 0 Å². The van der Waals surface area contributed by atoms with Gasteiger partial charge in [0.15, 0.2) is 0 Å². The molecule has 0 bridgehead atoms. The van der Waals surface area contributed by atoms with Crippen LogP contribution in [0.3, 0.4) is 0 Å². The topological polar surface area (TPSA) is 67.2 Å². The zero-order chi connectivity index (χ0) is 13.1. The number of para-hydroxylation sites is 1. The second-order valence-electron chi connectivity index (χ2n) is 4.11. The molecule has 1 heterocycles. The second-order valence-corrected chi connectivity index (χ2v) is 4.11. The fourth-order valence-electron chi connectivity index (χ4n) is 1.74. The van der Waals surface area contributed by atoms with Crippen LogP contribution in [0.5, 0.6) is 0 Å². The number of anilines is 1. The molecule has 0 aliphatic rings. The number of hydrogen-bond acceptors (Lipinski definition) is 3. The first-order valence-corrected chi connectivity index (χ1v) is 5.64. The number of aliphatic hydroxyl groups is 1. The van der Waals surface area contributed by atoms with Crippen LogP contribution in [0.4, 0.5) is 5.69 Å². The SMILES string of the molecule is CC(O)c1ccccc1NC(=O)c1cncn1C. The summed E-state index contributed by atoms with van der Waals surface area (Å²) in [4.78, 5) is 15.9. The molecule has 5 heteroatoms. The minimum atomic E-state index is -0.631. The molecule has 1 aromatic heterocycles. The molecular formula is C13H15N3O2. The predicted molar refractivity (Wildman–Crippen MR) is 68.2 cm³/mol. The minimum Gasteiger partial charge on any atom is -0.389 e. The van der Waals surface area contributed by atoms with Gasteiger partial charge in [0.2, 0.25) is 0 Å². The van der Waals surface area contributed by atoms with Crippen molar-refractivity contribution in [3.8, 4) is 0 Å². The van der Waals surface area contributed by atoms with Crippen LogP contribution < -0.4 is 5.32 Å². The number of nitrogens with zero attached hydrogens (tertiary/aromatic N) is 2. The third-order valence-corrected chi connectivity index (χ3v) is 2.71. The fourth-order valence-corrected chi connectivity index (χ4v) is 1.74. The van der Waals surface area contributed by atoms with Crippen molar-refractivity contribution in [3.05, 3.63) is 48.0 Å². The molecule has 0 saturated carbocycles. The number of aliphatic hydroxyl groups excluding tert-OH is 1. The number of benzene rings is 1. The summed E-state index contributed by atoms with van der Waals surface area (Å²) in [5.41, 5.74) is 1.77. The van der Waals surface area contributed by atoms with Crippen molar-refractivity contribution in [3.63, 3.8) is 0 Å². The Kier molecular flexibility index (Phi) is 3.43. The summed E-state index contributed by atoms with van der Waals surface area (Å²) in [6.07, 6.45) is 2.43. The molecule has 1 aromatic carbocycles. The molecule has 1 amide bonds. The van der Waals surface area contributed by atoms with E-state index in [1.165, 1.54) is 6.20 Å². The highest BCUT2D eigenvalue weighted by Crippen LogP contribution is 2.22. The zero-order valence-electron chi connectivity index (χ0n) is 10.3. The van der Waals surface area contributed by atoms with Crippen molar-refractivity contribution in [2.75, 3.05) is 5.32 Å². The summed E-state index contributed by atoms with van der Waals surface area (Å²) in [5, 5.41) is 12.4. The van der Waals surface area contributed by atoms with E-state index in [9.17, 15) is 9.90 Å². The number of aryl methyl sites for hydroxylation is 1. The van der Waals surface area contributed by atoms with Gasteiger partial charge in [-0.3, -0.25) is 4.79 Å². The monoisotopic (exact) mass is 245 g/mol. The van der Waals surface area contributed by atoms with E-state index in [0.29, 0.717) is 16.9 Å². The lowest BCUT2D eigenvalue weighted by molar-refractivity contribution is 0.101. The van der Waals surface area contributed by atoms with Crippen molar-refractivity contribution >= 4 is 11.6 Å². The Morgan fingerprint density at radius 3 is 2.78 bits per heavy atom. The Hall–Kier alpha value is -2.14. The number of carbonyl (C=O) groups is 1. The van der Waals surface area contributed by atoms with Gasteiger partial charge in [0.1, 0.15) is 5.69 Å². The molecule has 0 fully saturated rings. The first-order chi connectivity index (χ1) is 8.59. The van der Waals surface area contributed by atoms with Gasteiger partial charge >= 0.3 is 0 Å². The van der Waals surface area contributed by atoms with Crippen LogP contribution >= 0.6 is 0 Å². The van der Waals surface area contributed by atoms with E-state index in [0.717, 1.165) is 0 Å². The van der Waals surface area contributed by atoms with Gasteiger partial charge in [-0.25, -0.2) is 4.98 Å². The summed E-state index contributed by atoms with van der Waals surface area (Å²) in [6.45, 7) is 1.66. The molecule has 0 spiro atoms. The van der Waals surface area contributed by atoms with E-state index in [1.54, 1.807) is 37.0 Å². The van der Waals surface area contributed by atoms with Gasteiger partial charge < -0.3 is 15.0 Å². The highest BCUT2D eigenvalue weighted by atomic mass is 16.3. The molecule has 2 aromatic rings. The van der Waals surface area contributed by atoms with Crippen molar-refractivity contribution in [1.82, 2.24) is 9.55 Å². The standard InChI is InChI=1S/C13H15N3O2/c1-9(17)10-5-3-4-6-11(10)15-13(18)12-7-14-8-16(12)2/h3-9,17H,1-2H3,(H,15,18). The third-order valence-electron chi connectivity index (χ3n) is 2.71. The Morgan fingerprint density at radius 2 is 2.17 bits per heavy atom. The van der Waals surface area contributed by atoms with Crippen LogP contribution in [-0.4, -0.2) is 20.6 Å². The van der Waals surface area contributed by atoms with Gasteiger partial charge in [0.25, 0.3) is 5.91 Å². The van der Waals surface area contributed by atoms with Crippen molar-refractivity contribution < 1.29 is 9.90 Å². The summed E-state index contributed by atoms with van der Waals surface area (Å²) in [7, 11) is 1.75. The number of carbonyl (C=O) groups excluding carboxylic acids is 1. The molecule has 5 nitrogen and oxygen atoms in total. The van der Waals surface area contributed by atoms with Crippen molar-refractivity contribution in [2.45, 2.75) is 13.0 Å². The molecule has 0 radical (unpaired) electrons. The molecule has 18 heavy (non-hydrogen) atoms. The number of rotatable bonds is 3. The predicted octanol–water partition coefficient (Wildman–Crippen LogP) is 1.73. The fraction of sp³-hybridized carbons (Fsp3) is 0.231. The maximum Gasteiger partial charge on any atom is 0.273 e. The van der Waals surface area contributed by atoms with Gasteiger partial charge in [-0.05, 0) is 13.0 Å². The van der Waals surface area contributed by atoms with Gasteiger partial charge in [0.05, 0.1) is 18.6 Å². The number of hydrogen-bond donors (Lipinski definition) is 2. The zero-order valence-corrected chi connectivity index (χ0v) is 10.3. The number of imidazole rings is 1. The van der Waals surface area contributed by atoms with Gasteiger partial charge in [-0.2, -0.15) is 0 Å². The van der Waals surface area contributed by atoms with E-state index in [4.69, 9.17) is 0 Å². The largest absolute Gasteiger partial charge is 0.389 e. The lowest BCUT2D eigenvalue weighted by atomic mass is 10.1. The minimum absolute atomic E-state index is 0.247. The Morgan fingerprint density at radius 1 is 1.44 bits per heavy atom. The highest BCUT2D eigenvalue weighted by Gasteiger charge is 2.13. The van der Waals surface area contributed by atoms with E-state index in [-0.39, 0.29) is 5.91 Å². The summed E-state index contributed by atoms with van der Waals surface area (Å²) in [5.74, 6) is -0.247. The quantitative estimate of drug-likeness (QED) is 0.865. The maximum absolute atomic E-state index is 12.0. The molecule has 2 N–H and O–H groups in total. The normalized spacial score (nSPS) is 12.2. The Bertz CT molecular complexity index is 561. The van der Waals surface area contributed by atoms with E-state index < -0.39 is 6.10 Å². The third kappa shape index (κ3) is 2.41. The highest BCUT2D eigenvalue weighted by molar-refractivity contribution is 6.03. The lowest BCUT2D eigenvalue weighted by Gasteiger charge is -2.12. The molecule has 1 unspecified atom stereocenters. The average molecular weight is 245 g/mol. The number of amides is 1. The molecule has 94 valence electrons.